The number of aryl methyl sites for hydroxylation is 1. The largest absolute Gasteiger partial charge is 0.461 e. The van der Waals surface area contributed by atoms with E-state index in [0.717, 1.165) is 35.8 Å². The van der Waals surface area contributed by atoms with Crippen LogP contribution in [0.5, 0.6) is 0 Å². The van der Waals surface area contributed by atoms with Crippen LogP contribution in [0.3, 0.4) is 0 Å². The van der Waals surface area contributed by atoms with Crippen molar-refractivity contribution in [2.24, 2.45) is 0 Å². The van der Waals surface area contributed by atoms with E-state index in [4.69, 9.17) is 4.42 Å². The Hall–Kier alpha value is -3.66. The van der Waals surface area contributed by atoms with Crippen molar-refractivity contribution in [1.82, 2.24) is 10.2 Å². The Morgan fingerprint density at radius 2 is 2.18 bits per heavy atom. The number of thiophene rings is 1. The molecule has 1 amide bonds. The third-order valence-corrected chi connectivity index (χ3v) is 6.12. The molecule has 1 fully saturated rings. The van der Waals surface area contributed by atoms with E-state index in [2.05, 4.69) is 10.6 Å². The highest BCUT2D eigenvalue weighted by molar-refractivity contribution is 7.08. The van der Waals surface area contributed by atoms with Crippen LogP contribution in [0.2, 0.25) is 0 Å². The number of carbonyl (C=O) groups excluding carboxylic acids is 2. The molecule has 0 spiro atoms. The molecule has 0 radical (unpaired) electrons. The number of carbonyl (C=O) groups is 2. The predicted octanol–water partition coefficient (Wildman–Crippen LogP) is 4.14. The van der Waals surface area contributed by atoms with E-state index in [9.17, 15) is 19.7 Å². The van der Waals surface area contributed by atoms with Crippen molar-refractivity contribution in [3.63, 3.8) is 0 Å². The number of benzene rings is 1. The summed E-state index contributed by atoms with van der Waals surface area (Å²) in [6, 6.07) is 8.29. The lowest BCUT2D eigenvalue weighted by molar-refractivity contribution is -0.403. The molecular weight excluding hydrogens is 444 g/mol. The van der Waals surface area contributed by atoms with Gasteiger partial charge >= 0.3 is 0 Å². The second-order valence-electron chi connectivity index (χ2n) is 7.95. The molecule has 1 aliphatic rings. The standard InChI is InChI=1S/C23H24N4O5S/c1-15-10-17-11-18(5-6-21(17)32-15)24-22(13-27(30)31)25-19-4-2-3-8-26(23(19)29)12-20(28)16-7-9-33-14-16/h5-7,9-11,13-14,19,24-25H,2-4,8,12H2,1H3/t19-/m0/s1. The van der Waals surface area contributed by atoms with Gasteiger partial charge in [-0.2, -0.15) is 11.3 Å². The number of amides is 1. The summed E-state index contributed by atoms with van der Waals surface area (Å²) in [6.07, 6.45) is 2.85. The van der Waals surface area contributed by atoms with Gasteiger partial charge in [-0.3, -0.25) is 19.7 Å². The first-order valence-corrected chi connectivity index (χ1v) is 11.6. The van der Waals surface area contributed by atoms with Gasteiger partial charge in [-0.1, -0.05) is 0 Å². The van der Waals surface area contributed by atoms with Crippen LogP contribution >= 0.6 is 11.3 Å². The van der Waals surface area contributed by atoms with E-state index in [1.165, 1.54) is 16.2 Å². The van der Waals surface area contributed by atoms with Crippen LogP contribution in [0, 0.1) is 17.0 Å². The number of ketones is 1. The van der Waals surface area contributed by atoms with Gasteiger partial charge in [0, 0.05) is 28.6 Å². The van der Waals surface area contributed by atoms with Crippen molar-refractivity contribution in [3.05, 3.63) is 74.6 Å². The number of likely N-dealkylation sites (tertiary alicyclic amines) is 1. The maximum absolute atomic E-state index is 13.2. The number of rotatable bonds is 8. The van der Waals surface area contributed by atoms with E-state index < -0.39 is 11.0 Å². The monoisotopic (exact) mass is 468 g/mol. The molecule has 4 rings (SSSR count). The molecule has 3 aromatic rings. The zero-order valence-corrected chi connectivity index (χ0v) is 18.9. The van der Waals surface area contributed by atoms with E-state index in [1.807, 2.05) is 24.4 Å². The number of nitrogens with zero attached hydrogens (tertiary/aromatic N) is 2. The second kappa shape index (κ2) is 9.86. The zero-order chi connectivity index (χ0) is 23.4. The van der Waals surface area contributed by atoms with Crippen molar-refractivity contribution in [1.29, 1.82) is 0 Å². The summed E-state index contributed by atoms with van der Waals surface area (Å²) in [4.78, 5) is 37.9. The number of hydrogen-bond acceptors (Lipinski definition) is 8. The van der Waals surface area contributed by atoms with Crippen molar-refractivity contribution in [2.45, 2.75) is 32.2 Å². The lowest BCUT2D eigenvalue weighted by atomic mass is 10.1. The average molecular weight is 469 g/mol. The average Bonchev–Trinajstić information content (AvgIpc) is 3.39. The van der Waals surface area contributed by atoms with Gasteiger partial charge < -0.3 is 20.0 Å². The Morgan fingerprint density at radius 3 is 2.94 bits per heavy atom. The number of nitro groups is 1. The molecule has 3 heterocycles. The van der Waals surface area contributed by atoms with E-state index >= 15 is 0 Å². The highest BCUT2D eigenvalue weighted by Crippen LogP contribution is 2.23. The molecule has 0 unspecified atom stereocenters. The Balaban J connectivity index is 1.49. The van der Waals surface area contributed by atoms with Gasteiger partial charge in [0.1, 0.15) is 17.4 Å². The van der Waals surface area contributed by atoms with Gasteiger partial charge in [-0.05, 0) is 61.9 Å². The minimum Gasteiger partial charge on any atom is -0.461 e. The fraction of sp³-hybridized carbons (Fsp3) is 0.304. The summed E-state index contributed by atoms with van der Waals surface area (Å²) in [7, 11) is 0. The molecule has 172 valence electrons. The number of nitrogens with one attached hydrogen (secondary N) is 2. The van der Waals surface area contributed by atoms with Crippen molar-refractivity contribution < 1.29 is 18.9 Å². The minimum absolute atomic E-state index is 0.00797. The molecule has 9 nitrogen and oxygen atoms in total. The van der Waals surface area contributed by atoms with Crippen LogP contribution in [0.1, 0.15) is 35.4 Å². The number of Topliss-reactive ketones (excluding diaryl/α,β-unsaturated/α-hetero) is 1. The smallest absolute Gasteiger partial charge is 0.274 e. The van der Waals surface area contributed by atoms with Crippen LogP contribution in [0.15, 0.2) is 57.5 Å². The molecular formula is C23H24N4O5S. The second-order valence-corrected chi connectivity index (χ2v) is 8.73. The van der Waals surface area contributed by atoms with Crippen molar-refractivity contribution in [2.75, 3.05) is 18.4 Å². The summed E-state index contributed by atoms with van der Waals surface area (Å²) in [5.41, 5.74) is 1.92. The summed E-state index contributed by atoms with van der Waals surface area (Å²) in [6.45, 7) is 2.32. The predicted molar refractivity (Wildman–Crippen MR) is 126 cm³/mol. The molecule has 1 aromatic carbocycles. The van der Waals surface area contributed by atoms with Gasteiger partial charge in [-0.15, -0.1) is 0 Å². The third kappa shape index (κ3) is 5.58. The zero-order valence-electron chi connectivity index (χ0n) is 18.1. The van der Waals surface area contributed by atoms with E-state index in [-0.39, 0.29) is 24.1 Å². The fourth-order valence-electron chi connectivity index (χ4n) is 3.89. The summed E-state index contributed by atoms with van der Waals surface area (Å²) >= 11 is 1.43. The molecule has 0 bridgehead atoms. The lowest BCUT2D eigenvalue weighted by Gasteiger charge is -2.25. The maximum Gasteiger partial charge on any atom is 0.274 e. The van der Waals surface area contributed by atoms with Crippen LogP contribution in [0.25, 0.3) is 11.0 Å². The van der Waals surface area contributed by atoms with Crippen LogP contribution in [0.4, 0.5) is 5.69 Å². The molecule has 33 heavy (non-hydrogen) atoms. The van der Waals surface area contributed by atoms with Crippen LogP contribution in [-0.2, 0) is 4.79 Å². The molecule has 2 aromatic heterocycles. The fourth-order valence-corrected chi connectivity index (χ4v) is 4.55. The molecule has 0 saturated carbocycles. The third-order valence-electron chi connectivity index (χ3n) is 5.44. The quantitative estimate of drug-likeness (QED) is 0.290. The van der Waals surface area contributed by atoms with Crippen LogP contribution < -0.4 is 10.6 Å². The first-order chi connectivity index (χ1) is 15.9. The normalized spacial score (nSPS) is 17.1. The van der Waals surface area contributed by atoms with Gasteiger partial charge in [0.05, 0.1) is 11.5 Å². The number of fused-ring (bicyclic) bond motifs is 1. The Bertz CT molecular complexity index is 1200. The summed E-state index contributed by atoms with van der Waals surface area (Å²) in [5, 5.41) is 21.7. The first-order valence-electron chi connectivity index (χ1n) is 10.6. The van der Waals surface area contributed by atoms with Gasteiger partial charge in [0.2, 0.25) is 5.91 Å². The Kier molecular flexibility index (Phi) is 6.74. The highest BCUT2D eigenvalue weighted by atomic mass is 32.1. The summed E-state index contributed by atoms with van der Waals surface area (Å²) < 4.78 is 5.57. The highest BCUT2D eigenvalue weighted by Gasteiger charge is 2.29. The summed E-state index contributed by atoms with van der Waals surface area (Å²) in [5.74, 6) is 0.507. The van der Waals surface area contributed by atoms with Crippen molar-refractivity contribution >= 4 is 39.7 Å². The number of hydrogen-bond donors (Lipinski definition) is 2. The van der Waals surface area contributed by atoms with Crippen LogP contribution in [-0.4, -0.2) is 40.6 Å². The number of anilines is 1. The SMILES string of the molecule is Cc1cc2cc(NC(=C[N+](=O)[O-])N[C@H]3CCCCN(CC(=O)c4ccsc4)C3=O)ccc2o1. The Labute approximate surface area is 194 Å². The molecule has 1 saturated heterocycles. The molecule has 1 aliphatic heterocycles. The maximum atomic E-state index is 13.2. The van der Waals surface area contributed by atoms with E-state index in [0.29, 0.717) is 24.2 Å². The van der Waals surface area contributed by atoms with Crippen molar-refractivity contribution in [3.8, 4) is 0 Å². The topological polar surface area (TPSA) is 118 Å². The molecule has 10 heteroatoms. The van der Waals surface area contributed by atoms with Gasteiger partial charge in [0.25, 0.3) is 6.20 Å². The van der Waals surface area contributed by atoms with Gasteiger partial charge in [-0.25, -0.2) is 0 Å². The molecule has 2 N–H and O–H groups in total. The molecule has 1 atom stereocenters. The van der Waals surface area contributed by atoms with Gasteiger partial charge in [0.15, 0.2) is 11.6 Å². The number of furan rings is 1. The first kappa shape index (κ1) is 22.5. The lowest BCUT2D eigenvalue weighted by Crippen LogP contribution is -2.47. The Morgan fingerprint density at radius 1 is 1.33 bits per heavy atom. The molecule has 0 aliphatic carbocycles. The van der Waals surface area contributed by atoms with E-state index in [1.54, 1.807) is 23.6 Å². The minimum atomic E-state index is -0.679.